The van der Waals surface area contributed by atoms with Crippen molar-refractivity contribution in [2.75, 3.05) is 13.6 Å². The van der Waals surface area contributed by atoms with Gasteiger partial charge in [0.15, 0.2) is 0 Å². The van der Waals surface area contributed by atoms with Crippen LogP contribution in [-0.4, -0.2) is 40.1 Å². The molecule has 0 radical (unpaired) electrons. The van der Waals surface area contributed by atoms with E-state index >= 15 is 0 Å². The number of aliphatic hydroxyl groups is 1. The zero-order valence-corrected chi connectivity index (χ0v) is 12.3. The van der Waals surface area contributed by atoms with Crippen molar-refractivity contribution < 1.29 is 9.90 Å². The SMILES string of the molecule is CC(C)C(C(=O)N(C)CC1(O)CCCC1)C(N)=S. The maximum Gasteiger partial charge on any atom is 0.232 e. The number of nitrogens with two attached hydrogens (primary N) is 1. The van der Waals surface area contributed by atoms with Gasteiger partial charge in [-0.25, -0.2) is 0 Å². The molecule has 0 aromatic rings. The van der Waals surface area contributed by atoms with Crippen LogP contribution in [0.2, 0.25) is 0 Å². The average molecular weight is 272 g/mol. The first kappa shape index (κ1) is 15.4. The highest BCUT2D eigenvalue weighted by molar-refractivity contribution is 7.80. The topological polar surface area (TPSA) is 66.6 Å². The number of carbonyl (C=O) groups excluding carboxylic acids is 1. The van der Waals surface area contributed by atoms with Gasteiger partial charge >= 0.3 is 0 Å². The van der Waals surface area contributed by atoms with Crippen LogP contribution in [0.5, 0.6) is 0 Å². The molecule has 1 rings (SSSR count). The Balaban J connectivity index is 2.67. The summed E-state index contributed by atoms with van der Waals surface area (Å²) in [6.07, 6.45) is 3.59. The normalized spacial score (nSPS) is 19.8. The highest BCUT2D eigenvalue weighted by Crippen LogP contribution is 2.30. The number of likely N-dealkylation sites (N-methyl/N-ethyl adjacent to an activating group) is 1. The summed E-state index contributed by atoms with van der Waals surface area (Å²) in [4.78, 5) is 14.1. The molecule has 18 heavy (non-hydrogen) atoms. The number of hydrogen-bond acceptors (Lipinski definition) is 3. The molecule has 1 saturated carbocycles. The molecule has 1 unspecified atom stereocenters. The van der Waals surface area contributed by atoms with E-state index in [1.54, 1.807) is 11.9 Å². The minimum atomic E-state index is -0.720. The van der Waals surface area contributed by atoms with E-state index in [4.69, 9.17) is 18.0 Å². The Labute approximate surface area is 115 Å². The van der Waals surface area contributed by atoms with Gasteiger partial charge in [-0.1, -0.05) is 38.9 Å². The van der Waals surface area contributed by atoms with E-state index in [-0.39, 0.29) is 16.8 Å². The van der Waals surface area contributed by atoms with Crippen LogP contribution in [0.15, 0.2) is 0 Å². The Bertz CT molecular complexity index is 325. The van der Waals surface area contributed by atoms with Crippen molar-refractivity contribution in [3.8, 4) is 0 Å². The minimum Gasteiger partial charge on any atom is -0.393 e. The van der Waals surface area contributed by atoms with Gasteiger partial charge < -0.3 is 15.7 Å². The first-order valence-electron chi connectivity index (χ1n) is 6.53. The van der Waals surface area contributed by atoms with Crippen molar-refractivity contribution in [1.29, 1.82) is 0 Å². The van der Waals surface area contributed by atoms with E-state index in [1.807, 2.05) is 13.8 Å². The van der Waals surface area contributed by atoms with Crippen LogP contribution in [0.1, 0.15) is 39.5 Å². The highest BCUT2D eigenvalue weighted by atomic mass is 32.1. The fraction of sp³-hybridized carbons (Fsp3) is 0.846. The fourth-order valence-corrected chi connectivity index (χ4v) is 3.06. The first-order chi connectivity index (χ1) is 8.27. The molecule has 1 fully saturated rings. The van der Waals surface area contributed by atoms with E-state index in [9.17, 15) is 9.90 Å². The van der Waals surface area contributed by atoms with Gasteiger partial charge in [0.2, 0.25) is 5.91 Å². The number of thiocarbonyl (C=S) groups is 1. The van der Waals surface area contributed by atoms with Gasteiger partial charge in [-0.15, -0.1) is 0 Å². The number of amides is 1. The highest BCUT2D eigenvalue weighted by Gasteiger charge is 2.36. The van der Waals surface area contributed by atoms with Crippen LogP contribution >= 0.6 is 12.2 Å². The summed E-state index contributed by atoms with van der Waals surface area (Å²) in [7, 11) is 1.71. The molecule has 0 spiro atoms. The van der Waals surface area contributed by atoms with Gasteiger partial charge in [-0.05, 0) is 18.8 Å². The average Bonchev–Trinajstić information content (AvgIpc) is 2.63. The second kappa shape index (κ2) is 5.97. The van der Waals surface area contributed by atoms with Crippen LogP contribution in [0.3, 0.4) is 0 Å². The number of carbonyl (C=O) groups is 1. The van der Waals surface area contributed by atoms with Crippen LogP contribution in [-0.2, 0) is 4.79 Å². The third-order valence-corrected chi connectivity index (χ3v) is 3.94. The Hall–Kier alpha value is -0.680. The summed E-state index contributed by atoms with van der Waals surface area (Å²) >= 11 is 4.97. The molecule has 4 nitrogen and oxygen atoms in total. The minimum absolute atomic E-state index is 0.0793. The third-order valence-electron chi connectivity index (χ3n) is 3.68. The molecule has 0 bridgehead atoms. The first-order valence-corrected chi connectivity index (χ1v) is 6.94. The van der Waals surface area contributed by atoms with E-state index in [0.717, 1.165) is 25.7 Å². The Morgan fingerprint density at radius 2 is 1.94 bits per heavy atom. The van der Waals surface area contributed by atoms with Crippen molar-refractivity contribution in [3.63, 3.8) is 0 Å². The molecule has 1 atom stereocenters. The molecule has 5 heteroatoms. The number of hydrogen-bond donors (Lipinski definition) is 2. The Morgan fingerprint density at radius 3 is 2.33 bits per heavy atom. The molecule has 0 aromatic carbocycles. The maximum atomic E-state index is 12.3. The van der Waals surface area contributed by atoms with Gasteiger partial charge in [0.05, 0.1) is 16.5 Å². The number of rotatable bonds is 5. The lowest BCUT2D eigenvalue weighted by Crippen LogP contribution is -2.47. The number of nitrogens with zero attached hydrogens (tertiary/aromatic N) is 1. The van der Waals surface area contributed by atoms with Crippen molar-refractivity contribution >= 4 is 23.1 Å². The quantitative estimate of drug-likeness (QED) is 0.741. The van der Waals surface area contributed by atoms with Crippen LogP contribution in [0.25, 0.3) is 0 Å². The van der Waals surface area contributed by atoms with Gasteiger partial charge in [-0.3, -0.25) is 4.79 Å². The van der Waals surface area contributed by atoms with E-state index in [0.29, 0.717) is 6.54 Å². The zero-order chi connectivity index (χ0) is 13.9. The molecular weight excluding hydrogens is 248 g/mol. The molecule has 104 valence electrons. The molecule has 1 aliphatic rings. The smallest absolute Gasteiger partial charge is 0.232 e. The van der Waals surface area contributed by atoms with Crippen molar-refractivity contribution in [1.82, 2.24) is 4.90 Å². The van der Waals surface area contributed by atoms with Crippen molar-refractivity contribution in [2.45, 2.75) is 45.1 Å². The molecular formula is C13H24N2O2S. The van der Waals surface area contributed by atoms with Crippen molar-refractivity contribution in [3.05, 3.63) is 0 Å². The predicted octanol–water partition coefficient (Wildman–Crippen LogP) is 1.31. The maximum absolute atomic E-state index is 12.3. The molecule has 3 N–H and O–H groups in total. The summed E-state index contributed by atoms with van der Waals surface area (Å²) in [5, 5.41) is 10.3. The molecule has 1 amide bonds. The van der Waals surface area contributed by atoms with Gasteiger partial charge in [0, 0.05) is 13.6 Å². The lowest BCUT2D eigenvalue weighted by Gasteiger charge is -2.31. The Kier molecular flexibility index (Phi) is 5.10. The summed E-state index contributed by atoms with van der Waals surface area (Å²) in [5.41, 5.74) is 4.92. The molecule has 0 saturated heterocycles. The second-order valence-corrected chi connectivity index (χ2v) is 6.22. The summed E-state index contributed by atoms with van der Waals surface area (Å²) in [6, 6.07) is 0. The van der Waals surface area contributed by atoms with Crippen LogP contribution < -0.4 is 5.73 Å². The summed E-state index contributed by atoms with van der Waals surface area (Å²) in [6.45, 7) is 4.23. The van der Waals surface area contributed by atoms with E-state index in [2.05, 4.69) is 0 Å². The molecule has 0 aliphatic heterocycles. The summed E-state index contributed by atoms with van der Waals surface area (Å²) in [5.74, 6) is -0.441. The zero-order valence-electron chi connectivity index (χ0n) is 11.5. The van der Waals surface area contributed by atoms with Gasteiger partial charge in [0.1, 0.15) is 0 Å². The monoisotopic (exact) mass is 272 g/mol. The van der Waals surface area contributed by atoms with Crippen LogP contribution in [0, 0.1) is 11.8 Å². The molecule has 1 aliphatic carbocycles. The van der Waals surface area contributed by atoms with Crippen LogP contribution in [0.4, 0.5) is 0 Å². The Morgan fingerprint density at radius 1 is 1.44 bits per heavy atom. The van der Waals surface area contributed by atoms with Gasteiger partial charge in [0.25, 0.3) is 0 Å². The lowest BCUT2D eigenvalue weighted by molar-refractivity contribution is -0.136. The fourth-order valence-electron chi connectivity index (χ4n) is 2.68. The third kappa shape index (κ3) is 3.65. The molecule has 0 aromatic heterocycles. The molecule has 0 heterocycles. The van der Waals surface area contributed by atoms with E-state index in [1.165, 1.54) is 0 Å². The largest absolute Gasteiger partial charge is 0.393 e. The van der Waals surface area contributed by atoms with Crippen molar-refractivity contribution in [2.24, 2.45) is 17.6 Å². The van der Waals surface area contributed by atoms with Gasteiger partial charge in [-0.2, -0.15) is 0 Å². The standard InChI is InChI=1S/C13H24N2O2S/c1-9(2)10(11(14)18)12(16)15(3)8-13(17)6-4-5-7-13/h9-10,17H,4-8H2,1-3H3,(H2,14,18). The predicted molar refractivity (Wildman–Crippen MR) is 76.2 cm³/mol. The lowest BCUT2D eigenvalue weighted by atomic mass is 9.93. The van der Waals surface area contributed by atoms with E-state index < -0.39 is 11.5 Å². The second-order valence-electron chi connectivity index (χ2n) is 5.75. The summed E-state index contributed by atoms with van der Waals surface area (Å²) < 4.78 is 0.